The molecule has 5 heterocycles. The lowest BCUT2D eigenvalue weighted by atomic mass is 10.0. The number of benzene rings is 7. The fourth-order valence-electron chi connectivity index (χ4n) is 8.28. The molecule has 0 saturated carbocycles. The third-order valence-electron chi connectivity index (χ3n) is 10.8. The lowest BCUT2D eigenvalue weighted by Crippen LogP contribution is -2.02. The molecule has 252 valence electrons. The molecule has 12 rings (SSSR count). The summed E-state index contributed by atoms with van der Waals surface area (Å²) in [6.45, 7) is 0. The highest BCUT2D eigenvalue weighted by Crippen LogP contribution is 2.46. The molecule has 0 bridgehead atoms. The third kappa shape index (κ3) is 4.35. The Balaban J connectivity index is 1.11. The average molecular weight is 725 g/mol. The number of fused-ring (bicyclic) bond motifs is 11. The van der Waals surface area contributed by atoms with Gasteiger partial charge < -0.3 is 4.57 Å². The minimum absolute atomic E-state index is 0.681. The van der Waals surface area contributed by atoms with E-state index in [4.69, 9.17) is 9.97 Å². The summed E-state index contributed by atoms with van der Waals surface area (Å²) < 4.78 is 9.45. The van der Waals surface area contributed by atoms with Gasteiger partial charge in [-0.15, -0.1) is 22.7 Å². The number of hydrogen-bond donors (Lipinski definition) is 0. The number of hydrogen-bond acceptors (Lipinski definition) is 4. The van der Waals surface area contributed by atoms with E-state index in [1.54, 1.807) is 11.3 Å². The lowest BCUT2D eigenvalue weighted by Gasteiger charge is -2.10. The van der Waals surface area contributed by atoms with Crippen molar-refractivity contribution in [1.29, 1.82) is 0 Å². The van der Waals surface area contributed by atoms with E-state index < -0.39 is 0 Å². The number of nitrogens with zero attached hydrogens (tertiary/aromatic N) is 4. The molecule has 0 aliphatic rings. The average Bonchev–Trinajstić information content (AvgIpc) is 4.01. The summed E-state index contributed by atoms with van der Waals surface area (Å²) in [6, 6.07) is 58.8. The Morgan fingerprint density at radius 2 is 1.17 bits per heavy atom. The quantitative estimate of drug-likeness (QED) is 0.181. The van der Waals surface area contributed by atoms with Gasteiger partial charge in [-0.25, -0.2) is 9.97 Å². The molecule has 12 aromatic rings. The van der Waals surface area contributed by atoms with Gasteiger partial charge in [-0.05, 0) is 71.1 Å². The van der Waals surface area contributed by atoms with Gasteiger partial charge in [0, 0.05) is 58.5 Å². The van der Waals surface area contributed by atoms with E-state index in [1.165, 1.54) is 63.1 Å². The van der Waals surface area contributed by atoms with Crippen molar-refractivity contribution in [3.63, 3.8) is 0 Å². The van der Waals surface area contributed by atoms with Gasteiger partial charge in [0.05, 0.1) is 32.5 Å². The SMILES string of the molecule is c1ccc(-c2nc(-n3c4ccccc4c4cc(-c5ccc6ccn(-c7ccccc7)c6c5)ccc43)nc3c2sc2ccc4c5ccccc5sc4c23)cc1. The maximum Gasteiger partial charge on any atom is 0.235 e. The summed E-state index contributed by atoms with van der Waals surface area (Å²) in [4.78, 5) is 11.0. The molecule has 0 N–H and O–H groups in total. The lowest BCUT2D eigenvalue weighted by molar-refractivity contribution is 1.02. The molecular formula is C48H28N4S2. The zero-order chi connectivity index (χ0) is 35.3. The molecule has 7 aromatic carbocycles. The van der Waals surface area contributed by atoms with Crippen molar-refractivity contribution in [2.75, 3.05) is 0 Å². The van der Waals surface area contributed by atoms with E-state index in [9.17, 15) is 0 Å². The van der Waals surface area contributed by atoms with Crippen LogP contribution in [0.5, 0.6) is 0 Å². The molecule has 54 heavy (non-hydrogen) atoms. The third-order valence-corrected chi connectivity index (χ3v) is 13.1. The van der Waals surface area contributed by atoms with E-state index in [0.717, 1.165) is 38.2 Å². The van der Waals surface area contributed by atoms with Crippen molar-refractivity contribution in [2.45, 2.75) is 0 Å². The van der Waals surface area contributed by atoms with Crippen molar-refractivity contribution in [2.24, 2.45) is 0 Å². The molecule has 0 aliphatic carbocycles. The highest BCUT2D eigenvalue weighted by Gasteiger charge is 2.22. The van der Waals surface area contributed by atoms with Crippen LogP contribution in [0.4, 0.5) is 0 Å². The zero-order valence-electron chi connectivity index (χ0n) is 28.8. The summed E-state index contributed by atoms with van der Waals surface area (Å²) in [7, 11) is 0. The fourth-order valence-corrected chi connectivity index (χ4v) is 10.8. The van der Waals surface area contributed by atoms with Gasteiger partial charge in [-0.3, -0.25) is 4.57 Å². The molecule has 0 saturated heterocycles. The number of aromatic nitrogens is 4. The van der Waals surface area contributed by atoms with Gasteiger partial charge in [-0.2, -0.15) is 0 Å². The first-order chi connectivity index (χ1) is 26.8. The number of thiophene rings is 2. The van der Waals surface area contributed by atoms with Gasteiger partial charge in [0.25, 0.3) is 0 Å². The van der Waals surface area contributed by atoms with Crippen LogP contribution in [0.3, 0.4) is 0 Å². The number of rotatable bonds is 4. The van der Waals surface area contributed by atoms with Crippen LogP contribution in [0.15, 0.2) is 170 Å². The molecule has 0 aliphatic heterocycles. The van der Waals surface area contributed by atoms with E-state index in [0.29, 0.717) is 5.95 Å². The molecule has 5 aromatic heterocycles. The largest absolute Gasteiger partial charge is 0.317 e. The predicted molar refractivity (Wildman–Crippen MR) is 230 cm³/mol. The van der Waals surface area contributed by atoms with Crippen LogP contribution in [0.2, 0.25) is 0 Å². The second-order valence-electron chi connectivity index (χ2n) is 13.8. The summed E-state index contributed by atoms with van der Waals surface area (Å²) in [5, 5.41) is 7.36. The topological polar surface area (TPSA) is 35.6 Å². The van der Waals surface area contributed by atoms with Crippen LogP contribution in [-0.2, 0) is 0 Å². The molecule has 0 unspecified atom stereocenters. The van der Waals surface area contributed by atoms with Crippen molar-refractivity contribution in [1.82, 2.24) is 19.1 Å². The Hall–Kier alpha value is -6.60. The highest BCUT2D eigenvalue weighted by atomic mass is 32.1. The summed E-state index contributed by atoms with van der Waals surface area (Å²) in [5.41, 5.74) is 9.92. The van der Waals surface area contributed by atoms with Gasteiger partial charge in [0.2, 0.25) is 5.95 Å². The van der Waals surface area contributed by atoms with Crippen molar-refractivity contribution >= 4 is 95.9 Å². The van der Waals surface area contributed by atoms with Gasteiger partial charge >= 0.3 is 0 Å². The second-order valence-corrected chi connectivity index (χ2v) is 15.9. The van der Waals surface area contributed by atoms with Gasteiger partial charge in [0.1, 0.15) is 0 Å². The molecule has 0 fully saturated rings. The molecule has 4 nitrogen and oxygen atoms in total. The second kappa shape index (κ2) is 11.4. The van der Waals surface area contributed by atoms with Crippen LogP contribution in [0.1, 0.15) is 0 Å². The molecular weight excluding hydrogens is 697 g/mol. The minimum Gasteiger partial charge on any atom is -0.317 e. The highest BCUT2D eigenvalue weighted by molar-refractivity contribution is 7.30. The molecule has 0 radical (unpaired) electrons. The zero-order valence-corrected chi connectivity index (χ0v) is 30.4. The number of para-hydroxylation sites is 2. The Kier molecular flexibility index (Phi) is 6.34. The van der Waals surface area contributed by atoms with E-state index in [1.807, 2.05) is 11.3 Å². The van der Waals surface area contributed by atoms with E-state index in [2.05, 4.69) is 179 Å². The normalized spacial score (nSPS) is 12.1. The smallest absolute Gasteiger partial charge is 0.235 e. The first-order valence-corrected chi connectivity index (χ1v) is 19.7. The van der Waals surface area contributed by atoms with Gasteiger partial charge in [0.15, 0.2) is 0 Å². The first-order valence-electron chi connectivity index (χ1n) is 18.1. The maximum absolute atomic E-state index is 5.53. The summed E-state index contributed by atoms with van der Waals surface area (Å²) in [5.74, 6) is 0.681. The van der Waals surface area contributed by atoms with Crippen molar-refractivity contribution < 1.29 is 0 Å². The van der Waals surface area contributed by atoms with Crippen LogP contribution >= 0.6 is 22.7 Å². The fraction of sp³-hybridized carbons (Fsp3) is 0. The van der Waals surface area contributed by atoms with Crippen molar-refractivity contribution in [3.05, 3.63) is 170 Å². The van der Waals surface area contributed by atoms with Crippen LogP contribution < -0.4 is 0 Å². The molecule has 0 amide bonds. The Morgan fingerprint density at radius 1 is 0.444 bits per heavy atom. The first kappa shape index (κ1) is 29.9. The Morgan fingerprint density at radius 3 is 2.06 bits per heavy atom. The van der Waals surface area contributed by atoms with E-state index in [-0.39, 0.29) is 0 Å². The summed E-state index contributed by atoms with van der Waals surface area (Å²) in [6.07, 6.45) is 2.16. The molecule has 6 heteroatoms. The van der Waals surface area contributed by atoms with Crippen LogP contribution in [0, 0.1) is 0 Å². The monoisotopic (exact) mass is 724 g/mol. The minimum atomic E-state index is 0.681. The Bertz CT molecular complexity index is 3440. The molecule has 0 spiro atoms. The standard InChI is InChI=1S/C48H28N4S2/c1-3-11-30(12-4-1)44-47-45(43-42(54-47)24-22-36-35-16-8-10-18-41(35)53-46(36)43)50-48(49-44)52-38-17-9-7-15-34(38)37-27-31(21-23-39(37)52)32-20-19-29-25-26-51(40(29)28-32)33-13-5-2-6-14-33/h1-28H. The van der Waals surface area contributed by atoms with Crippen LogP contribution in [-0.4, -0.2) is 19.1 Å². The van der Waals surface area contributed by atoms with Crippen LogP contribution in [0.25, 0.3) is 107 Å². The predicted octanol–water partition coefficient (Wildman–Crippen LogP) is 13.6. The van der Waals surface area contributed by atoms with Gasteiger partial charge in [-0.1, -0.05) is 109 Å². The van der Waals surface area contributed by atoms with E-state index >= 15 is 0 Å². The maximum atomic E-state index is 5.53. The summed E-state index contributed by atoms with van der Waals surface area (Å²) >= 11 is 3.65. The van der Waals surface area contributed by atoms with Crippen molar-refractivity contribution in [3.8, 4) is 34.0 Å². The molecule has 0 atom stereocenters. The Labute approximate surface area is 317 Å².